The second-order valence-corrected chi connectivity index (χ2v) is 9.24. The van der Waals surface area contributed by atoms with Crippen molar-refractivity contribution in [2.75, 3.05) is 6.54 Å². The zero-order valence-electron chi connectivity index (χ0n) is 16.4. The summed E-state index contributed by atoms with van der Waals surface area (Å²) in [5.74, 6) is 4.22. The summed E-state index contributed by atoms with van der Waals surface area (Å²) < 4.78 is 0. The topological polar surface area (TPSA) is 107 Å². The van der Waals surface area contributed by atoms with Gasteiger partial charge in [0.1, 0.15) is 11.9 Å². The lowest BCUT2D eigenvalue weighted by molar-refractivity contribution is -0.127. The van der Waals surface area contributed by atoms with E-state index < -0.39 is 12.1 Å². The van der Waals surface area contributed by atoms with Gasteiger partial charge < -0.3 is 20.7 Å². The van der Waals surface area contributed by atoms with Crippen LogP contribution in [0.1, 0.15) is 50.4 Å². The first-order chi connectivity index (χ1) is 14.0. The normalized spacial score (nSPS) is 31.0. The Morgan fingerprint density at radius 1 is 1.10 bits per heavy atom. The van der Waals surface area contributed by atoms with E-state index in [1.165, 1.54) is 32.1 Å². The van der Waals surface area contributed by atoms with Gasteiger partial charge in [-0.3, -0.25) is 4.79 Å². The number of aromatic amines is 1. The van der Waals surface area contributed by atoms with Crippen LogP contribution in [0.15, 0.2) is 24.3 Å². The van der Waals surface area contributed by atoms with Crippen molar-refractivity contribution in [2.24, 2.45) is 29.6 Å². The van der Waals surface area contributed by atoms with Crippen LogP contribution in [0.25, 0.3) is 11.0 Å². The van der Waals surface area contributed by atoms with E-state index in [2.05, 4.69) is 20.6 Å². The van der Waals surface area contributed by atoms with E-state index in [0.29, 0.717) is 30.0 Å². The van der Waals surface area contributed by atoms with Crippen LogP contribution >= 0.6 is 0 Å². The molecule has 1 aromatic heterocycles. The van der Waals surface area contributed by atoms with Gasteiger partial charge in [-0.05, 0) is 73.8 Å². The zero-order chi connectivity index (χ0) is 20.0. The average Bonchev–Trinajstić information content (AvgIpc) is 3.11. The van der Waals surface area contributed by atoms with Gasteiger partial charge in [0, 0.05) is 13.0 Å². The van der Waals surface area contributed by atoms with Gasteiger partial charge in [0.2, 0.25) is 5.91 Å². The highest BCUT2D eigenvalue weighted by Gasteiger charge is 2.48. The SMILES string of the molecule is O=C(O)NCC(NC(=O)CC1C2CC3CC(C2)CC1C3)c1nc2ccccc2[nH]1. The lowest BCUT2D eigenvalue weighted by atomic mass is 9.51. The van der Waals surface area contributed by atoms with Gasteiger partial charge in [-0.1, -0.05) is 12.1 Å². The number of rotatable bonds is 6. The second kappa shape index (κ2) is 7.35. The maximum atomic E-state index is 13.0. The van der Waals surface area contributed by atoms with Gasteiger partial charge in [0.05, 0.1) is 11.0 Å². The van der Waals surface area contributed by atoms with Crippen LogP contribution in [0.5, 0.6) is 0 Å². The fourth-order valence-corrected chi connectivity index (χ4v) is 6.38. The van der Waals surface area contributed by atoms with Crippen LogP contribution in [-0.2, 0) is 4.79 Å². The molecule has 154 valence electrons. The Morgan fingerprint density at radius 3 is 2.45 bits per heavy atom. The van der Waals surface area contributed by atoms with Crippen molar-refractivity contribution < 1.29 is 14.7 Å². The van der Waals surface area contributed by atoms with Crippen LogP contribution in [0.4, 0.5) is 4.79 Å². The third-order valence-electron chi connectivity index (χ3n) is 7.37. The lowest BCUT2D eigenvalue weighted by Gasteiger charge is -2.54. The number of carboxylic acid groups (broad SMARTS) is 1. The summed E-state index contributed by atoms with van der Waals surface area (Å²) in [6, 6.07) is 7.13. The van der Waals surface area contributed by atoms with Crippen molar-refractivity contribution in [3.05, 3.63) is 30.1 Å². The number of H-pyrrole nitrogens is 1. The summed E-state index contributed by atoms with van der Waals surface area (Å²) in [4.78, 5) is 31.8. The molecule has 29 heavy (non-hydrogen) atoms. The number of hydrogen-bond donors (Lipinski definition) is 4. The van der Waals surface area contributed by atoms with Gasteiger partial charge >= 0.3 is 6.09 Å². The fraction of sp³-hybridized carbons (Fsp3) is 0.591. The molecule has 4 fully saturated rings. The molecule has 6 rings (SSSR count). The molecule has 1 atom stereocenters. The first-order valence-electron chi connectivity index (χ1n) is 10.8. The van der Waals surface area contributed by atoms with E-state index in [0.717, 1.165) is 22.9 Å². The van der Waals surface area contributed by atoms with E-state index in [-0.39, 0.29) is 12.5 Å². The third kappa shape index (κ3) is 3.70. The highest BCUT2D eigenvalue weighted by atomic mass is 16.4. The maximum Gasteiger partial charge on any atom is 0.404 e. The number of fused-ring (bicyclic) bond motifs is 1. The van der Waals surface area contributed by atoms with E-state index in [9.17, 15) is 9.59 Å². The van der Waals surface area contributed by atoms with Crippen molar-refractivity contribution in [3.8, 4) is 0 Å². The molecule has 0 spiro atoms. The summed E-state index contributed by atoms with van der Waals surface area (Å²) in [5.41, 5.74) is 1.68. The smallest absolute Gasteiger partial charge is 0.404 e. The first kappa shape index (κ1) is 18.5. The van der Waals surface area contributed by atoms with Crippen LogP contribution in [0.2, 0.25) is 0 Å². The van der Waals surface area contributed by atoms with Crippen molar-refractivity contribution in [1.29, 1.82) is 0 Å². The molecule has 1 aromatic carbocycles. The molecular weight excluding hydrogens is 368 g/mol. The molecular formula is C22H28N4O3. The summed E-state index contributed by atoms with van der Waals surface area (Å²) in [6.07, 6.45) is 5.99. The van der Waals surface area contributed by atoms with E-state index >= 15 is 0 Å². The van der Waals surface area contributed by atoms with Crippen LogP contribution in [-0.4, -0.2) is 33.6 Å². The molecule has 4 aliphatic carbocycles. The lowest BCUT2D eigenvalue weighted by Crippen LogP contribution is -2.47. The minimum atomic E-state index is -1.11. The monoisotopic (exact) mass is 396 g/mol. The number of carbonyl (C=O) groups is 2. The Kier molecular flexibility index (Phi) is 4.68. The number of benzene rings is 1. The fourth-order valence-electron chi connectivity index (χ4n) is 6.38. The number of nitrogens with zero attached hydrogens (tertiary/aromatic N) is 1. The number of para-hydroxylation sites is 2. The molecule has 2 aromatic rings. The van der Waals surface area contributed by atoms with E-state index in [1.54, 1.807) is 0 Å². The maximum absolute atomic E-state index is 13.0. The average molecular weight is 396 g/mol. The Labute approximate surface area is 169 Å². The third-order valence-corrected chi connectivity index (χ3v) is 7.37. The zero-order valence-corrected chi connectivity index (χ0v) is 16.4. The van der Waals surface area contributed by atoms with Gasteiger partial charge in [0.25, 0.3) is 0 Å². The van der Waals surface area contributed by atoms with Crippen molar-refractivity contribution in [3.63, 3.8) is 0 Å². The van der Waals surface area contributed by atoms with E-state index in [4.69, 9.17) is 5.11 Å². The largest absolute Gasteiger partial charge is 0.465 e. The Balaban J connectivity index is 1.29. The molecule has 4 aliphatic rings. The van der Waals surface area contributed by atoms with Crippen molar-refractivity contribution in [1.82, 2.24) is 20.6 Å². The molecule has 1 unspecified atom stereocenters. The van der Waals surface area contributed by atoms with Gasteiger partial charge in [-0.2, -0.15) is 0 Å². The van der Waals surface area contributed by atoms with E-state index in [1.807, 2.05) is 24.3 Å². The number of hydrogen-bond acceptors (Lipinski definition) is 3. The summed E-state index contributed by atoms with van der Waals surface area (Å²) in [7, 11) is 0. The quantitative estimate of drug-likeness (QED) is 0.600. The van der Waals surface area contributed by atoms with Gasteiger partial charge in [-0.25, -0.2) is 9.78 Å². The minimum absolute atomic E-state index is 0.000110. The summed E-state index contributed by atoms with van der Waals surface area (Å²) in [5, 5.41) is 14.5. The highest BCUT2D eigenvalue weighted by molar-refractivity contribution is 5.78. The van der Waals surface area contributed by atoms with Crippen LogP contribution < -0.4 is 10.6 Å². The van der Waals surface area contributed by atoms with Crippen LogP contribution in [0.3, 0.4) is 0 Å². The Hall–Kier alpha value is -2.57. The first-order valence-corrected chi connectivity index (χ1v) is 10.8. The summed E-state index contributed by atoms with van der Waals surface area (Å²) >= 11 is 0. The molecule has 7 nitrogen and oxygen atoms in total. The molecule has 4 N–H and O–H groups in total. The predicted octanol–water partition coefficient (Wildman–Crippen LogP) is 3.45. The Morgan fingerprint density at radius 2 is 1.79 bits per heavy atom. The second-order valence-electron chi connectivity index (χ2n) is 9.24. The highest BCUT2D eigenvalue weighted by Crippen LogP contribution is 2.57. The molecule has 2 amide bonds. The number of aromatic nitrogens is 2. The Bertz CT molecular complexity index is 863. The van der Waals surface area contributed by atoms with Crippen LogP contribution in [0, 0.1) is 29.6 Å². The van der Waals surface area contributed by atoms with Gasteiger partial charge in [0.15, 0.2) is 0 Å². The summed E-state index contributed by atoms with van der Waals surface area (Å²) in [6.45, 7) is 0.0859. The minimum Gasteiger partial charge on any atom is -0.465 e. The molecule has 0 radical (unpaired) electrons. The predicted molar refractivity (Wildman–Crippen MR) is 108 cm³/mol. The molecule has 7 heteroatoms. The number of amides is 2. The molecule has 1 heterocycles. The molecule has 0 saturated heterocycles. The van der Waals surface area contributed by atoms with Gasteiger partial charge in [-0.15, -0.1) is 0 Å². The number of imidazole rings is 1. The molecule has 0 aliphatic heterocycles. The van der Waals surface area contributed by atoms with Crippen molar-refractivity contribution in [2.45, 2.75) is 44.6 Å². The number of carbonyl (C=O) groups excluding carboxylic acids is 1. The number of nitrogens with one attached hydrogen (secondary N) is 3. The standard InChI is InChI=1S/C22H28N4O3/c27-20(10-16-14-6-12-5-13(8-14)9-15(16)7-12)24-19(11-23-22(28)29)21-25-17-3-1-2-4-18(17)26-21/h1-4,12-16,19,23H,5-11H2,(H,24,27)(H,25,26)(H,28,29). The molecule has 4 saturated carbocycles. The molecule has 4 bridgehead atoms. The van der Waals surface area contributed by atoms with Crippen molar-refractivity contribution >= 4 is 23.0 Å².